The maximum Gasteiger partial charge on any atom is 0.325 e. The van der Waals surface area contributed by atoms with E-state index in [4.69, 9.17) is 0 Å². The Kier molecular flexibility index (Phi) is 2.65. The third-order valence-electron chi connectivity index (χ3n) is 2.51. The highest BCUT2D eigenvalue weighted by Gasteiger charge is 2.45. The van der Waals surface area contributed by atoms with Gasteiger partial charge in [-0.05, 0) is 30.7 Å². The van der Waals surface area contributed by atoms with E-state index in [0.717, 1.165) is 18.4 Å². The number of carbonyl (C=O) groups is 1. The third-order valence-corrected chi connectivity index (χ3v) is 4.08. The minimum absolute atomic E-state index is 0.442. The Morgan fingerprint density at radius 3 is 2.87 bits per heavy atom. The second kappa shape index (κ2) is 3.81. The van der Waals surface area contributed by atoms with Crippen molar-refractivity contribution < 1.29 is 14.3 Å². The molecule has 2 rings (SSSR count). The first kappa shape index (κ1) is 10.4. The van der Waals surface area contributed by atoms with Crippen LogP contribution >= 0.6 is 11.8 Å². The van der Waals surface area contributed by atoms with Gasteiger partial charge < -0.3 is 5.11 Å². The lowest BCUT2D eigenvalue weighted by molar-refractivity contribution is -0.140. The van der Waals surface area contributed by atoms with Crippen molar-refractivity contribution in [1.29, 1.82) is 0 Å². The number of rotatable bonds is 2. The molecule has 1 aliphatic heterocycles. The summed E-state index contributed by atoms with van der Waals surface area (Å²) in [6, 6.07) is 2.72. The van der Waals surface area contributed by atoms with E-state index < -0.39 is 16.5 Å². The van der Waals surface area contributed by atoms with Crippen LogP contribution in [0.5, 0.6) is 0 Å². The smallest absolute Gasteiger partial charge is 0.325 e. The van der Waals surface area contributed by atoms with E-state index in [0.29, 0.717) is 12.1 Å². The average molecular weight is 227 g/mol. The summed E-state index contributed by atoms with van der Waals surface area (Å²) in [6.07, 6.45) is 2.49. The Bertz CT molecular complexity index is 374. The first-order valence-corrected chi connectivity index (χ1v) is 5.63. The van der Waals surface area contributed by atoms with Gasteiger partial charge in [-0.2, -0.15) is 0 Å². The summed E-state index contributed by atoms with van der Waals surface area (Å²) in [7, 11) is 0. The molecule has 1 aromatic heterocycles. The summed E-state index contributed by atoms with van der Waals surface area (Å²) in [4.78, 5) is 15.1. The van der Waals surface area contributed by atoms with Crippen LogP contribution in [0.15, 0.2) is 18.3 Å². The van der Waals surface area contributed by atoms with Crippen molar-refractivity contribution in [3.8, 4) is 0 Å². The van der Waals surface area contributed by atoms with Gasteiger partial charge in [-0.1, -0.05) is 0 Å². The zero-order valence-electron chi connectivity index (χ0n) is 7.94. The fourth-order valence-electron chi connectivity index (χ4n) is 1.73. The first-order chi connectivity index (χ1) is 7.15. The molecule has 2 heterocycles. The topological polar surface area (TPSA) is 50.2 Å². The Hall–Kier alpha value is -1.10. The second-order valence-electron chi connectivity index (χ2n) is 3.45. The molecule has 1 atom stereocenters. The zero-order chi connectivity index (χ0) is 10.9. The van der Waals surface area contributed by atoms with E-state index in [2.05, 4.69) is 4.98 Å². The number of aromatic nitrogens is 1. The van der Waals surface area contributed by atoms with Crippen LogP contribution in [-0.2, 0) is 9.54 Å². The maximum atomic E-state index is 12.7. The van der Waals surface area contributed by atoms with Gasteiger partial charge in [0, 0.05) is 0 Å². The lowest BCUT2D eigenvalue weighted by Gasteiger charge is -2.21. The number of nitrogens with zero attached hydrogens (tertiary/aromatic N) is 1. The summed E-state index contributed by atoms with van der Waals surface area (Å²) in [5.41, 5.74) is 0.443. The van der Waals surface area contributed by atoms with E-state index in [-0.39, 0.29) is 0 Å². The molecule has 0 aromatic carbocycles. The number of carboxylic acids is 1. The van der Waals surface area contributed by atoms with Crippen molar-refractivity contribution in [1.82, 2.24) is 4.98 Å². The molecule has 0 radical (unpaired) electrons. The quantitative estimate of drug-likeness (QED) is 0.839. The molecule has 0 saturated carbocycles. The van der Waals surface area contributed by atoms with Gasteiger partial charge >= 0.3 is 5.97 Å². The Labute approximate surface area is 90.7 Å². The summed E-state index contributed by atoms with van der Waals surface area (Å²) >= 11 is 1.37. The molecule has 80 valence electrons. The molecular formula is C10H10FNO2S. The monoisotopic (exact) mass is 227 g/mol. The molecule has 1 N–H and O–H groups in total. The fraction of sp³-hybridized carbons (Fsp3) is 0.400. The molecule has 1 fully saturated rings. The predicted molar refractivity (Wildman–Crippen MR) is 55.2 cm³/mol. The van der Waals surface area contributed by atoms with E-state index in [9.17, 15) is 14.3 Å². The molecule has 3 nitrogen and oxygen atoms in total. The standard InChI is InChI=1S/C10H10FNO2S/c11-7-2-3-8(12-6-7)10(9(13)14)4-1-5-15-10/h2-3,6H,1,4-5H2,(H,13,14). The molecule has 1 aromatic rings. The van der Waals surface area contributed by atoms with Crippen molar-refractivity contribution in [3.05, 3.63) is 29.8 Å². The highest BCUT2D eigenvalue weighted by molar-refractivity contribution is 8.01. The molecule has 0 amide bonds. The zero-order valence-corrected chi connectivity index (χ0v) is 8.76. The summed E-state index contributed by atoms with van der Waals surface area (Å²) in [5.74, 6) is -0.517. The van der Waals surface area contributed by atoms with Crippen molar-refractivity contribution in [2.24, 2.45) is 0 Å². The molecule has 1 unspecified atom stereocenters. The summed E-state index contributed by atoms with van der Waals surface area (Å²) < 4.78 is 11.7. The van der Waals surface area contributed by atoms with Crippen LogP contribution in [0.2, 0.25) is 0 Å². The minimum atomic E-state index is -0.965. The third kappa shape index (κ3) is 1.71. The van der Waals surface area contributed by atoms with E-state index in [1.165, 1.54) is 23.9 Å². The lowest BCUT2D eigenvalue weighted by Crippen LogP contribution is -2.30. The van der Waals surface area contributed by atoms with Crippen LogP contribution in [-0.4, -0.2) is 21.8 Å². The van der Waals surface area contributed by atoms with E-state index >= 15 is 0 Å². The normalized spacial score (nSPS) is 25.4. The predicted octanol–water partition coefficient (Wildman–Crippen LogP) is 2.03. The van der Waals surface area contributed by atoms with Crippen molar-refractivity contribution >= 4 is 17.7 Å². The lowest BCUT2D eigenvalue weighted by atomic mass is 9.99. The summed E-state index contributed by atoms with van der Waals surface area (Å²) in [6.45, 7) is 0. The number of hydrogen-bond acceptors (Lipinski definition) is 3. The molecule has 15 heavy (non-hydrogen) atoms. The Morgan fingerprint density at radius 2 is 2.40 bits per heavy atom. The van der Waals surface area contributed by atoms with Gasteiger partial charge in [-0.25, -0.2) is 4.39 Å². The molecular weight excluding hydrogens is 217 g/mol. The minimum Gasteiger partial charge on any atom is -0.480 e. The first-order valence-electron chi connectivity index (χ1n) is 4.64. The highest BCUT2D eigenvalue weighted by Crippen LogP contribution is 2.45. The van der Waals surface area contributed by atoms with E-state index in [1.807, 2.05) is 0 Å². The second-order valence-corrected chi connectivity index (χ2v) is 4.84. The number of thioether (sulfide) groups is 1. The van der Waals surface area contributed by atoms with Crippen LogP contribution in [0.25, 0.3) is 0 Å². The van der Waals surface area contributed by atoms with Gasteiger partial charge in [0.05, 0.1) is 11.9 Å². The molecule has 5 heteroatoms. The number of carboxylic acid groups (broad SMARTS) is 1. The Morgan fingerprint density at radius 1 is 1.60 bits per heavy atom. The number of aliphatic carboxylic acids is 1. The molecule has 1 aliphatic rings. The van der Waals surface area contributed by atoms with Crippen molar-refractivity contribution in [3.63, 3.8) is 0 Å². The Balaban J connectivity index is 2.41. The highest BCUT2D eigenvalue weighted by atomic mass is 32.2. The molecule has 0 spiro atoms. The van der Waals surface area contributed by atoms with Gasteiger partial charge in [-0.15, -0.1) is 11.8 Å². The number of halogens is 1. The fourth-order valence-corrected chi connectivity index (χ4v) is 3.05. The van der Waals surface area contributed by atoms with Gasteiger partial charge in [0.15, 0.2) is 4.75 Å². The van der Waals surface area contributed by atoms with Gasteiger partial charge in [0.1, 0.15) is 5.82 Å². The maximum absolute atomic E-state index is 12.7. The van der Waals surface area contributed by atoms with Crippen LogP contribution in [0.3, 0.4) is 0 Å². The van der Waals surface area contributed by atoms with Gasteiger partial charge in [-0.3, -0.25) is 9.78 Å². The van der Waals surface area contributed by atoms with Crippen LogP contribution < -0.4 is 0 Å². The largest absolute Gasteiger partial charge is 0.480 e. The number of hydrogen-bond donors (Lipinski definition) is 1. The van der Waals surface area contributed by atoms with Gasteiger partial charge in [0.2, 0.25) is 0 Å². The van der Waals surface area contributed by atoms with E-state index in [1.54, 1.807) is 0 Å². The molecule has 0 aliphatic carbocycles. The number of pyridine rings is 1. The van der Waals surface area contributed by atoms with Crippen molar-refractivity contribution in [2.45, 2.75) is 17.6 Å². The average Bonchev–Trinajstić information content (AvgIpc) is 2.69. The SMILES string of the molecule is O=C(O)C1(c2ccc(F)cn2)CCCS1. The van der Waals surface area contributed by atoms with Gasteiger partial charge in [0.25, 0.3) is 0 Å². The van der Waals surface area contributed by atoms with Crippen LogP contribution in [0.4, 0.5) is 4.39 Å². The van der Waals surface area contributed by atoms with Crippen LogP contribution in [0, 0.1) is 5.82 Å². The summed E-state index contributed by atoms with van der Waals surface area (Å²) in [5, 5.41) is 9.23. The molecule has 0 bridgehead atoms. The molecule has 1 saturated heterocycles. The van der Waals surface area contributed by atoms with Crippen molar-refractivity contribution in [2.75, 3.05) is 5.75 Å². The van der Waals surface area contributed by atoms with Crippen LogP contribution in [0.1, 0.15) is 18.5 Å².